The highest BCUT2D eigenvalue weighted by Crippen LogP contribution is 2.17. The number of hydrogen-bond acceptors (Lipinski definition) is 4. The largest absolute Gasteiger partial charge is 0.238 e. The summed E-state index contributed by atoms with van der Waals surface area (Å²) in [6.07, 6.45) is 0.159. The molecule has 0 saturated carbocycles. The van der Waals surface area contributed by atoms with E-state index in [1.165, 1.54) is 41.1 Å². The summed E-state index contributed by atoms with van der Waals surface area (Å²) in [5, 5.41) is 9.33. The lowest BCUT2D eigenvalue weighted by Gasteiger charge is -2.07. The lowest BCUT2D eigenvalue weighted by molar-refractivity contribution is 0.580. The van der Waals surface area contributed by atoms with E-state index in [2.05, 4.69) is 10.1 Å². The van der Waals surface area contributed by atoms with Crippen molar-refractivity contribution in [2.45, 2.75) is 18.2 Å². The van der Waals surface area contributed by atoms with Crippen LogP contribution >= 0.6 is 0 Å². The van der Waals surface area contributed by atoms with Crippen LogP contribution in [0.25, 0.3) is 5.69 Å². The van der Waals surface area contributed by atoms with Gasteiger partial charge in [0.05, 0.1) is 10.6 Å². The van der Waals surface area contributed by atoms with Crippen molar-refractivity contribution >= 4 is 10.0 Å². The number of sulfonamides is 1. The van der Waals surface area contributed by atoms with Gasteiger partial charge in [0.15, 0.2) is 0 Å². The zero-order valence-electron chi connectivity index (χ0n) is 13.1. The van der Waals surface area contributed by atoms with Gasteiger partial charge in [-0.25, -0.2) is 32.0 Å². The number of nitrogens with zero attached hydrogens (tertiary/aromatic N) is 3. The number of aryl methyl sites for hydroxylation is 1. The number of nitrogens with two attached hydrogens (primary N) is 1. The van der Waals surface area contributed by atoms with Crippen LogP contribution in [0.1, 0.15) is 17.2 Å². The molecule has 2 aromatic carbocycles. The van der Waals surface area contributed by atoms with Crippen molar-refractivity contribution in [1.29, 1.82) is 0 Å². The average molecular weight is 364 g/mol. The van der Waals surface area contributed by atoms with Gasteiger partial charge in [-0.2, -0.15) is 5.10 Å². The monoisotopic (exact) mass is 364 g/mol. The standard InChI is InChI=1S/C16H14F2N4O2S/c1-10-20-16(8-11-6-12(17)9-13(18)7-11)22(21-10)14-2-4-15(5-3-14)25(19,23)24/h2-7,9H,8H2,1H3,(H2,19,23,24). The van der Waals surface area contributed by atoms with Gasteiger partial charge in [-0.05, 0) is 48.9 Å². The molecular formula is C16H14F2N4O2S. The first kappa shape index (κ1) is 17.2. The summed E-state index contributed by atoms with van der Waals surface area (Å²) in [7, 11) is -3.79. The topological polar surface area (TPSA) is 90.9 Å². The van der Waals surface area contributed by atoms with Crippen LogP contribution in [0, 0.1) is 18.6 Å². The third kappa shape index (κ3) is 3.89. The molecule has 0 aliphatic heterocycles. The van der Waals surface area contributed by atoms with Crippen LogP contribution in [0.5, 0.6) is 0 Å². The van der Waals surface area contributed by atoms with Crippen LogP contribution < -0.4 is 5.14 Å². The van der Waals surface area contributed by atoms with E-state index in [1.807, 2.05) is 0 Å². The van der Waals surface area contributed by atoms with Gasteiger partial charge >= 0.3 is 0 Å². The molecule has 0 spiro atoms. The van der Waals surface area contributed by atoms with E-state index in [1.54, 1.807) is 6.92 Å². The molecule has 3 aromatic rings. The van der Waals surface area contributed by atoms with E-state index in [-0.39, 0.29) is 11.3 Å². The number of aromatic nitrogens is 3. The van der Waals surface area contributed by atoms with Crippen molar-refractivity contribution in [1.82, 2.24) is 14.8 Å². The Morgan fingerprint density at radius 1 is 1.08 bits per heavy atom. The molecule has 1 aromatic heterocycles. The first-order valence-corrected chi connectivity index (χ1v) is 8.78. The minimum Gasteiger partial charge on any atom is -0.225 e. The van der Waals surface area contributed by atoms with Gasteiger partial charge in [0.1, 0.15) is 23.3 Å². The van der Waals surface area contributed by atoms with Gasteiger partial charge in [-0.3, -0.25) is 0 Å². The predicted octanol–water partition coefficient (Wildman–Crippen LogP) is 2.09. The third-order valence-corrected chi connectivity index (χ3v) is 4.40. The highest BCUT2D eigenvalue weighted by molar-refractivity contribution is 7.89. The summed E-state index contributed by atoms with van der Waals surface area (Å²) >= 11 is 0. The van der Waals surface area contributed by atoms with Crippen LogP contribution in [0.3, 0.4) is 0 Å². The second kappa shape index (κ2) is 6.34. The van der Waals surface area contributed by atoms with E-state index in [0.29, 0.717) is 22.9 Å². The van der Waals surface area contributed by atoms with Gasteiger partial charge in [-0.1, -0.05) is 0 Å². The van der Waals surface area contributed by atoms with E-state index >= 15 is 0 Å². The van der Waals surface area contributed by atoms with Crippen LogP contribution in [0.2, 0.25) is 0 Å². The molecule has 6 nitrogen and oxygen atoms in total. The van der Waals surface area contributed by atoms with Crippen LogP contribution in [-0.4, -0.2) is 23.2 Å². The molecule has 0 unspecified atom stereocenters. The van der Waals surface area contributed by atoms with E-state index in [0.717, 1.165) is 6.07 Å². The summed E-state index contributed by atoms with van der Waals surface area (Å²) < 4.78 is 50.9. The minimum absolute atomic E-state index is 0.0261. The fourth-order valence-electron chi connectivity index (χ4n) is 2.45. The fourth-order valence-corrected chi connectivity index (χ4v) is 2.97. The van der Waals surface area contributed by atoms with Crippen molar-refractivity contribution < 1.29 is 17.2 Å². The molecular weight excluding hydrogens is 350 g/mol. The maximum atomic E-state index is 13.4. The second-order valence-electron chi connectivity index (χ2n) is 5.48. The molecule has 0 aliphatic rings. The van der Waals surface area contributed by atoms with Crippen LogP contribution in [0.15, 0.2) is 47.4 Å². The Bertz CT molecular complexity index is 1010. The Balaban J connectivity index is 1.98. The SMILES string of the molecule is Cc1nc(Cc2cc(F)cc(F)c2)n(-c2ccc(S(N)(=O)=O)cc2)n1. The van der Waals surface area contributed by atoms with Gasteiger partial charge in [0, 0.05) is 12.5 Å². The first-order chi connectivity index (χ1) is 11.7. The van der Waals surface area contributed by atoms with Crippen molar-refractivity contribution in [3.05, 3.63) is 71.3 Å². The minimum atomic E-state index is -3.79. The van der Waals surface area contributed by atoms with Crippen molar-refractivity contribution in [2.75, 3.05) is 0 Å². The Morgan fingerprint density at radius 2 is 1.68 bits per heavy atom. The van der Waals surface area contributed by atoms with Crippen LogP contribution in [-0.2, 0) is 16.4 Å². The molecule has 0 bridgehead atoms. The smallest absolute Gasteiger partial charge is 0.225 e. The predicted molar refractivity (Wildman–Crippen MR) is 86.6 cm³/mol. The quantitative estimate of drug-likeness (QED) is 0.767. The highest BCUT2D eigenvalue weighted by atomic mass is 32.2. The van der Waals surface area contributed by atoms with Crippen molar-refractivity contribution in [3.63, 3.8) is 0 Å². The number of hydrogen-bond donors (Lipinski definition) is 1. The zero-order chi connectivity index (χ0) is 18.2. The lowest BCUT2D eigenvalue weighted by atomic mass is 10.1. The number of benzene rings is 2. The molecule has 2 N–H and O–H groups in total. The van der Waals surface area contributed by atoms with E-state index in [9.17, 15) is 17.2 Å². The molecule has 9 heteroatoms. The summed E-state index contributed by atoms with van der Waals surface area (Å²) in [5.41, 5.74) is 0.965. The number of primary sulfonamides is 1. The highest BCUT2D eigenvalue weighted by Gasteiger charge is 2.13. The summed E-state index contributed by atoms with van der Waals surface area (Å²) in [6.45, 7) is 1.69. The summed E-state index contributed by atoms with van der Waals surface area (Å²) in [4.78, 5) is 4.25. The summed E-state index contributed by atoms with van der Waals surface area (Å²) in [5.74, 6) is -0.404. The molecule has 25 heavy (non-hydrogen) atoms. The molecule has 0 radical (unpaired) electrons. The molecule has 130 valence electrons. The summed E-state index contributed by atoms with van der Waals surface area (Å²) in [6, 6.07) is 9.02. The first-order valence-electron chi connectivity index (χ1n) is 7.23. The van der Waals surface area contributed by atoms with Crippen molar-refractivity contribution in [2.24, 2.45) is 5.14 Å². The maximum absolute atomic E-state index is 13.4. The molecule has 1 heterocycles. The maximum Gasteiger partial charge on any atom is 0.238 e. The second-order valence-corrected chi connectivity index (χ2v) is 7.04. The number of halogens is 2. The Labute approximate surface area is 143 Å². The van der Waals surface area contributed by atoms with Gasteiger partial charge in [0.25, 0.3) is 0 Å². The van der Waals surface area contributed by atoms with E-state index < -0.39 is 21.7 Å². The Morgan fingerprint density at radius 3 is 2.24 bits per heavy atom. The fraction of sp³-hybridized carbons (Fsp3) is 0.125. The molecule has 0 saturated heterocycles. The molecule has 3 rings (SSSR count). The zero-order valence-corrected chi connectivity index (χ0v) is 14.0. The van der Waals surface area contributed by atoms with Gasteiger partial charge < -0.3 is 0 Å². The van der Waals surface area contributed by atoms with Gasteiger partial charge in [0.2, 0.25) is 10.0 Å². The molecule has 0 atom stereocenters. The van der Waals surface area contributed by atoms with Crippen LogP contribution in [0.4, 0.5) is 8.78 Å². The van der Waals surface area contributed by atoms with Crippen molar-refractivity contribution in [3.8, 4) is 5.69 Å². The molecule has 0 fully saturated rings. The number of rotatable bonds is 4. The normalized spacial score (nSPS) is 11.7. The molecule has 0 aliphatic carbocycles. The van der Waals surface area contributed by atoms with E-state index in [4.69, 9.17) is 5.14 Å². The molecule has 0 amide bonds. The average Bonchev–Trinajstić information content (AvgIpc) is 2.86. The van der Waals surface area contributed by atoms with Gasteiger partial charge in [-0.15, -0.1) is 0 Å². The third-order valence-electron chi connectivity index (χ3n) is 3.47. The Kier molecular flexibility index (Phi) is 4.36. The lowest BCUT2D eigenvalue weighted by Crippen LogP contribution is -2.12. The Hall–Kier alpha value is -2.65.